The van der Waals surface area contributed by atoms with Crippen LogP contribution in [-0.2, 0) is 13.1 Å². The van der Waals surface area contributed by atoms with E-state index in [9.17, 15) is 0 Å². The second-order valence-corrected chi connectivity index (χ2v) is 5.31. The molecule has 0 aliphatic heterocycles. The standard InChI is InChI=1S/C17H20N6/c1-13-6-5-7-14(10-13)11-19-17(18-2)20-12-16-22-21-15-8-3-4-9-23(15)16/h3-10H,11-12H2,1-2H3,(H2,18,19,20). The Bertz CT molecular complexity index is 821. The maximum atomic E-state index is 4.24. The molecule has 0 spiro atoms. The zero-order valence-corrected chi connectivity index (χ0v) is 13.3. The Morgan fingerprint density at radius 2 is 1.96 bits per heavy atom. The highest BCUT2D eigenvalue weighted by Crippen LogP contribution is 2.04. The van der Waals surface area contributed by atoms with Crippen molar-refractivity contribution in [2.24, 2.45) is 4.99 Å². The molecule has 0 aliphatic carbocycles. The predicted molar refractivity (Wildman–Crippen MR) is 91.2 cm³/mol. The van der Waals surface area contributed by atoms with Crippen molar-refractivity contribution in [1.29, 1.82) is 0 Å². The van der Waals surface area contributed by atoms with Crippen LogP contribution < -0.4 is 10.6 Å². The molecule has 6 heteroatoms. The van der Waals surface area contributed by atoms with E-state index < -0.39 is 0 Å². The summed E-state index contributed by atoms with van der Waals surface area (Å²) in [4.78, 5) is 4.24. The number of hydrogen-bond donors (Lipinski definition) is 2. The maximum absolute atomic E-state index is 4.24. The lowest BCUT2D eigenvalue weighted by atomic mass is 10.1. The van der Waals surface area contributed by atoms with Crippen molar-refractivity contribution in [3.63, 3.8) is 0 Å². The molecule has 6 nitrogen and oxygen atoms in total. The third-order valence-electron chi connectivity index (χ3n) is 3.56. The number of nitrogens with one attached hydrogen (secondary N) is 2. The second-order valence-electron chi connectivity index (χ2n) is 5.31. The van der Waals surface area contributed by atoms with Crippen LogP contribution in [0.5, 0.6) is 0 Å². The van der Waals surface area contributed by atoms with E-state index in [1.807, 2.05) is 28.8 Å². The minimum atomic E-state index is 0.554. The number of hydrogen-bond acceptors (Lipinski definition) is 3. The lowest BCUT2D eigenvalue weighted by Gasteiger charge is -2.11. The van der Waals surface area contributed by atoms with Gasteiger partial charge in [-0.25, -0.2) is 0 Å². The third kappa shape index (κ3) is 3.66. The summed E-state index contributed by atoms with van der Waals surface area (Å²) >= 11 is 0. The summed E-state index contributed by atoms with van der Waals surface area (Å²) in [5, 5.41) is 14.9. The molecule has 0 radical (unpaired) electrons. The molecule has 3 rings (SSSR count). The number of pyridine rings is 1. The Labute approximate surface area is 135 Å². The Morgan fingerprint density at radius 1 is 1.09 bits per heavy atom. The Balaban J connectivity index is 1.60. The van der Waals surface area contributed by atoms with Crippen molar-refractivity contribution in [2.45, 2.75) is 20.0 Å². The lowest BCUT2D eigenvalue weighted by molar-refractivity contribution is 0.762. The molecule has 0 amide bonds. The van der Waals surface area contributed by atoms with Crippen molar-refractivity contribution >= 4 is 11.6 Å². The predicted octanol–water partition coefficient (Wildman–Crippen LogP) is 1.90. The quantitative estimate of drug-likeness (QED) is 0.571. The topological polar surface area (TPSA) is 66.6 Å². The highest BCUT2D eigenvalue weighted by atomic mass is 15.3. The molecule has 118 valence electrons. The normalized spacial score (nSPS) is 11.7. The third-order valence-corrected chi connectivity index (χ3v) is 3.56. The molecule has 0 bridgehead atoms. The van der Waals surface area contributed by atoms with E-state index in [4.69, 9.17) is 0 Å². The van der Waals surface area contributed by atoms with Crippen LogP contribution in [-0.4, -0.2) is 27.6 Å². The molecule has 0 atom stereocenters. The first-order valence-corrected chi connectivity index (χ1v) is 7.55. The first kappa shape index (κ1) is 15.0. The summed E-state index contributed by atoms with van der Waals surface area (Å²) in [5.41, 5.74) is 3.31. The van der Waals surface area contributed by atoms with Crippen LogP contribution in [0.4, 0.5) is 0 Å². The van der Waals surface area contributed by atoms with Crippen LogP contribution in [0.3, 0.4) is 0 Å². The van der Waals surface area contributed by atoms with Gasteiger partial charge in [-0.3, -0.25) is 9.39 Å². The van der Waals surface area contributed by atoms with Gasteiger partial charge in [0.2, 0.25) is 0 Å². The Hall–Kier alpha value is -2.89. The molecule has 2 aromatic heterocycles. The molecule has 1 aromatic carbocycles. The minimum Gasteiger partial charge on any atom is -0.352 e. The molecule has 23 heavy (non-hydrogen) atoms. The van der Waals surface area contributed by atoms with Crippen molar-refractivity contribution in [3.05, 3.63) is 65.6 Å². The summed E-state index contributed by atoms with van der Waals surface area (Å²) < 4.78 is 1.96. The highest BCUT2D eigenvalue weighted by Gasteiger charge is 2.05. The molecule has 3 aromatic rings. The van der Waals surface area contributed by atoms with Gasteiger partial charge in [0.15, 0.2) is 17.4 Å². The fourth-order valence-electron chi connectivity index (χ4n) is 2.40. The molecular weight excluding hydrogens is 288 g/mol. The molecule has 0 saturated heterocycles. The Kier molecular flexibility index (Phi) is 4.52. The van der Waals surface area contributed by atoms with Gasteiger partial charge in [0.1, 0.15) is 0 Å². The van der Waals surface area contributed by atoms with Gasteiger partial charge >= 0.3 is 0 Å². The number of aliphatic imine (C=N–C) groups is 1. The number of rotatable bonds is 4. The van der Waals surface area contributed by atoms with Crippen LogP contribution in [0.15, 0.2) is 53.7 Å². The zero-order valence-electron chi connectivity index (χ0n) is 13.3. The average molecular weight is 308 g/mol. The summed E-state index contributed by atoms with van der Waals surface area (Å²) in [6, 6.07) is 14.2. The summed E-state index contributed by atoms with van der Waals surface area (Å²) in [7, 11) is 1.76. The van der Waals surface area contributed by atoms with Crippen LogP contribution >= 0.6 is 0 Å². The van der Waals surface area contributed by atoms with Gasteiger partial charge in [-0.2, -0.15) is 0 Å². The molecular formula is C17H20N6. The molecule has 0 unspecified atom stereocenters. The number of guanidine groups is 1. The minimum absolute atomic E-state index is 0.554. The van der Waals surface area contributed by atoms with Crippen molar-refractivity contribution < 1.29 is 0 Å². The van der Waals surface area contributed by atoms with Gasteiger partial charge in [-0.15, -0.1) is 10.2 Å². The molecule has 0 saturated carbocycles. The van der Waals surface area contributed by atoms with Gasteiger partial charge in [0.25, 0.3) is 0 Å². The van der Waals surface area contributed by atoms with E-state index in [0.29, 0.717) is 6.54 Å². The largest absolute Gasteiger partial charge is 0.352 e. The van der Waals surface area contributed by atoms with E-state index in [0.717, 1.165) is 24.0 Å². The lowest BCUT2D eigenvalue weighted by Crippen LogP contribution is -2.36. The average Bonchev–Trinajstić information content (AvgIpc) is 2.98. The van der Waals surface area contributed by atoms with Crippen LogP contribution in [0.25, 0.3) is 5.65 Å². The van der Waals surface area contributed by atoms with Gasteiger partial charge in [-0.05, 0) is 24.6 Å². The van der Waals surface area contributed by atoms with E-state index in [1.165, 1.54) is 11.1 Å². The fraction of sp³-hybridized carbons (Fsp3) is 0.235. The first-order valence-electron chi connectivity index (χ1n) is 7.55. The number of aryl methyl sites for hydroxylation is 1. The maximum Gasteiger partial charge on any atom is 0.191 e. The van der Waals surface area contributed by atoms with Gasteiger partial charge < -0.3 is 10.6 Å². The second kappa shape index (κ2) is 6.91. The monoisotopic (exact) mass is 308 g/mol. The number of aromatic nitrogens is 3. The molecule has 2 N–H and O–H groups in total. The number of fused-ring (bicyclic) bond motifs is 1. The van der Waals surface area contributed by atoms with Crippen molar-refractivity contribution in [1.82, 2.24) is 25.2 Å². The molecule has 2 heterocycles. The van der Waals surface area contributed by atoms with Crippen molar-refractivity contribution in [2.75, 3.05) is 7.05 Å². The fourth-order valence-corrected chi connectivity index (χ4v) is 2.40. The number of nitrogens with zero attached hydrogens (tertiary/aromatic N) is 4. The Morgan fingerprint density at radius 3 is 2.78 bits per heavy atom. The molecule has 0 fully saturated rings. The van der Waals surface area contributed by atoms with Crippen LogP contribution in [0.1, 0.15) is 17.0 Å². The van der Waals surface area contributed by atoms with Gasteiger partial charge in [0, 0.05) is 19.8 Å². The number of benzene rings is 1. The molecule has 0 aliphatic rings. The van der Waals surface area contributed by atoms with Crippen LogP contribution in [0.2, 0.25) is 0 Å². The van der Waals surface area contributed by atoms with E-state index in [-0.39, 0.29) is 0 Å². The summed E-state index contributed by atoms with van der Waals surface area (Å²) in [6.45, 7) is 3.37. The van der Waals surface area contributed by atoms with Gasteiger partial charge in [-0.1, -0.05) is 35.9 Å². The van der Waals surface area contributed by atoms with E-state index in [2.05, 4.69) is 57.0 Å². The summed E-state index contributed by atoms with van der Waals surface area (Å²) in [5.74, 6) is 1.58. The SMILES string of the molecule is CN=C(NCc1cccc(C)c1)NCc1nnc2ccccn12. The summed E-state index contributed by atoms with van der Waals surface area (Å²) in [6.07, 6.45) is 1.95. The smallest absolute Gasteiger partial charge is 0.191 e. The first-order chi connectivity index (χ1) is 11.3. The van der Waals surface area contributed by atoms with E-state index >= 15 is 0 Å². The van der Waals surface area contributed by atoms with Crippen molar-refractivity contribution in [3.8, 4) is 0 Å². The van der Waals surface area contributed by atoms with Crippen LogP contribution in [0, 0.1) is 6.92 Å². The highest BCUT2D eigenvalue weighted by molar-refractivity contribution is 5.79. The van der Waals surface area contributed by atoms with E-state index in [1.54, 1.807) is 7.05 Å². The van der Waals surface area contributed by atoms with Gasteiger partial charge in [0.05, 0.1) is 6.54 Å². The zero-order chi connectivity index (χ0) is 16.1.